The third-order valence-electron chi connectivity index (χ3n) is 4.03. The number of benzene rings is 1. The maximum atomic E-state index is 11.2. The smallest absolute Gasteiger partial charge is 0.411 e. The van der Waals surface area contributed by atoms with Crippen LogP contribution >= 0.6 is 35.7 Å². The number of carbonyl (C=O) groups excluding carboxylic acids is 1. The molecule has 0 aromatic heterocycles. The first kappa shape index (κ1) is 22.9. The minimum atomic E-state index is -0.464. The van der Waals surface area contributed by atoms with Crippen LogP contribution in [0.15, 0.2) is 29.3 Å². The van der Waals surface area contributed by atoms with Crippen LogP contribution in [0.1, 0.15) is 25.8 Å². The number of anilines is 1. The Kier molecular flexibility index (Phi) is 10.8. The van der Waals surface area contributed by atoms with Gasteiger partial charge in [0, 0.05) is 36.3 Å². The molecule has 1 aromatic carbocycles. The second-order valence-corrected chi connectivity index (χ2v) is 7.24. The number of amides is 1. The summed E-state index contributed by atoms with van der Waals surface area (Å²) in [6, 6.07) is 7.66. The summed E-state index contributed by atoms with van der Waals surface area (Å²) >= 11 is 2.06. The lowest BCUT2D eigenvalue weighted by Gasteiger charge is -2.34. The van der Waals surface area contributed by atoms with E-state index >= 15 is 0 Å². The van der Waals surface area contributed by atoms with Crippen LogP contribution < -0.4 is 10.6 Å². The second kappa shape index (κ2) is 12.3. The molecule has 0 saturated carbocycles. The van der Waals surface area contributed by atoms with Gasteiger partial charge in [-0.05, 0) is 31.0 Å². The zero-order valence-electron chi connectivity index (χ0n) is 15.7. The van der Waals surface area contributed by atoms with E-state index in [2.05, 4.69) is 45.9 Å². The van der Waals surface area contributed by atoms with Crippen molar-refractivity contribution in [1.29, 1.82) is 0 Å². The van der Waals surface area contributed by atoms with Crippen molar-refractivity contribution < 1.29 is 9.53 Å². The van der Waals surface area contributed by atoms with E-state index in [9.17, 15) is 4.79 Å². The quantitative estimate of drug-likeness (QED) is 0.372. The fourth-order valence-corrected chi connectivity index (χ4v) is 3.79. The van der Waals surface area contributed by atoms with Gasteiger partial charge in [0.1, 0.15) is 0 Å². The highest BCUT2D eigenvalue weighted by Crippen LogP contribution is 2.21. The van der Waals surface area contributed by atoms with Crippen LogP contribution in [0.4, 0.5) is 10.5 Å². The number of hydrogen-bond donors (Lipinski definition) is 2. The number of aliphatic imine (C=N–C) groups is 1. The van der Waals surface area contributed by atoms with Gasteiger partial charge in [-0.1, -0.05) is 19.1 Å². The van der Waals surface area contributed by atoms with E-state index in [1.807, 2.05) is 24.3 Å². The van der Waals surface area contributed by atoms with Gasteiger partial charge in [0.15, 0.2) is 5.96 Å². The largest absolute Gasteiger partial charge is 0.453 e. The van der Waals surface area contributed by atoms with E-state index in [4.69, 9.17) is 4.99 Å². The third kappa shape index (κ3) is 7.22. The molecule has 1 heterocycles. The molecular formula is C18H29IN4O2S. The summed E-state index contributed by atoms with van der Waals surface area (Å²) in [7, 11) is 1.35. The van der Waals surface area contributed by atoms with Gasteiger partial charge in [-0.25, -0.2) is 9.79 Å². The number of nitrogens with one attached hydrogen (secondary N) is 2. The molecule has 1 unspecified atom stereocenters. The van der Waals surface area contributed by atoms with E-state index in [0.29, 0.717) is 17.5 Å². The zero-order chi connectivity index (χ0) is 18.1. The molecule has 2 rings (SSSR count). The number of rotatable bonds is 5. The highest BCUT2D eigenvalue weighted by molar-refractivity contribution is 14.0. The van der Waals surface area contributed by atoms with Crippen LogP contribution in [-0.4, -0.2) is 54.7 Å². The maximum Gasteiger partial charge on any atom is 0.411 e. The number of methoxy groups -OCH3 is 1. The average molecular weight is 492 g/mol. The number of hydrogen-bond acceptors (Lipinski definition) is 4. The Labute approximate surface area is 177 Å². The maximum absolute atomic E-state index is 11.2. The highest BCUT2D eigenvalue weighted by atomic mass is 127. The first-order valence-corrected chi connectivity index (χ1v) is 9.79. The Morgan fingerprint density at radius 1 is 1.35 bits per heavy atom. The second-order valence-electron chi connectivity index (χ2n) is 5.83. The minimum absolute atomic E-state index is 0. The number of thioether (sulfide) groups is 1. The van der Waals surface area contributed by atoms with Crippen LogP contribution in [0.2, 0.25) is 0 Å². The molecule has 2 N–H and O–H groups in total. The first-order chi connectivity index (χ1) is 12.2. The highest BCUT2D eigenvalue weighted by Gasteiger charge is 2.21. The van der Waals surface area contributed by atoms with Crippen LogP contribution in [0.25, 0.3) is 0 Å². The van der Waals surface area contributed by atoms with E-state index in [0.717, 1.165) is 36.9 Å². The Balaban J connectivity index is 0.00000338. The molecule has 0 aliphatic carbocycles. The molecule has 0 radical (unpaired) electrons. The standard InChI is InChI=1S/C18H28N4O2S.HI/c1-4-16-13-22(10-11-25-16)17(19-5-2)20-12-14-6-8-15(9-7-14)21-18(23)24-3;/h6-9,16H,4-5,10-13H2,1-3H3,(H,19,20)(H,21,23);1H. The minimum Gasteiger partial charge on any atom is -0.453 e. The van der Waals surface area contributed by atoms with Crippen LogP contribution in [0.3, 0.4) is 0 Å². The molecule has 1 fully saturated rings. The normalized spacial score (nSPS) is 17.3. The van der Waals surface area contributed by atoms with Gasteiger partial charge in [0.25, 0.3) is 0 Å². The Hall–Kier alpha value is -1.16. The summed E-state index contributed by atoms with van der Waals surface area (Å²) in [6.45, 7) is 7.90. The molecule has 6 nitrogen and oxygen atoms in total. The molecule has 0 spiro atoms. The summed E-state index contributed by atoms with van der Waals surface area (Å²) in [6.07, 6.45) is 0.725. The van der Waals surface area contributed by atoms with E-state index in [1.165, 1.54) is 13.5 Å². The summed E-state index contributed by atoms with van der Waals surface area (Å²) in [4.78, 5) is 18.4. The lowest BCUT2D eigenvalue weighted by atomic mass is 10.2. The number of nitrogens with zero attached hydrogens (tertiary/aromatic N) is 2. The van der Waals surface area contributed by atoms with Gasteiger partial charge in [0.05, 0.1) is 13.7 Å². The van der Waals surface area contributed by atoms with Gasteiger partial charge in [-0.3, -0.25) is 5.32 Å². The average Bonchev–Trinajstić information content (AvgIpc) is 2.66. The molecule has 8 heteroatoms. The van der Waals surface area contributed by atoms with Crippen LogP contribution in [-0.2, 0) is 11.3 Å². The molecule has 1 aromatic rings. The molecule has 1 saturated heterocycles. The summed E-state index contributed by atoms with van der Waals surface area (Å²) in [5.74, 6) is 2.13. The molecule has 26 heavy (non-hydrogen) atoms. The number of carbonyl (C=O) groups is 1. The van der Waals surface area contributed by atoms with Gasteiger partial charge in [-0.15, -0.1) is 24.0 Å². The van der Waals surface area contributed by atoms with Crippen molar-refractivity contribution in [2.45, 2.75) is 32.1 Å². The fraction of sp³-hybridized carbons (Fsp3) is 0.556. The van der Waals surface area contributed by atoms with Crippen molar-refractivity contribution in [1.82, 2.24) is 10.2 Å². The van der Waals surface area contributed by atoms with Gasteiger partial charge < -0.3 is 15.0 Å². The summed E-state index contributed by atoms with van der Waals surface area (Å²) in [5.41, 5.74) is 1.81. The Bertz CT molecular complexity index is 583. The number of guanidine groups is 1. The van der Waals surface area contributed by atoms with Crippen molar-refractivity contribution in [3.05, 3.63) is 29.8 Å². The van der Waals surface area contributed by atoms with Gasteiger partial charge in [-0.2, -0.15) is 11.8 Å². The van der Waals surface area contributed by atoms with E-state index in [-0.39, 0.29) is 24.0 Å². The van der Waals surface area contributed by atoms with Crippen molar-refractivity contribution in [2.24, 2.45) is 4.99 Å². The fourth-order valence-electron chi connectivity index (χ4n) is 2.61. The molecule has 1 atom stereocenters. The van der Waals surface area contributed by atoms with Crippen molar-refractivity contribution in [2.75, 3.05) is 37.8 Å². The SMILES string of the molecule is CCNC(=NCc1ccc(NC(=O)OC)cc1)N1CCSC(CC)C1.I. The zero-order valence-corrected chi connectivity index (χ0v) is 18.8. The number of ether oxygens (including phenoxy) is 1. The third-order valence-corrected chi connectivity index (χ3v) is 5.40. The molecule has 1 aliphatic heterocycles. The summed E-state index contributed by atoms with van der Waals surface area (Å²) < 4.78 is 4.59. The molecule has 146 valence electrons. The van der Waals surface area contributed by atoms with Crippen molar-refractivity contribution in [3.8, 4) is 0 Å². The van der Waals surface area contributed by atoms with Crippen LogP contribution in [0.5, 0.6) is 0 Å². The summed E-state index contributed by atoms with van der Waals surface area (Å²) in [5, 5.41) is 6.73. The van der Waals surface area contributed by atoms with Gasteiger partial charge in [0.2, 0.25) is 0 Å². The van der Waals surface area contributed by atoms with Crippen molar-refractivity contribution >= 4 is 53.5 Å². The topological polar surface area (TPSA) is 66.0 Å². The number of halogens is 1. The lowest BCUT2D eigenvalue weighted by Crippen LogP contribution is -2.48. The molecular weight excluding hydrogens is 463 g/mol. The Morgan fingerprint density at radius 3 is 2.69 bits per heavy atom. The molecule has 1 aliphatic rings. The van der Waals surface area contributed by atoms with Gasteiger partial charge >= 0.3 is 6.09 Å². The van der Waals surface area contributed by atoms with E-state index in [1.54, 1.807) is 0 Å². The molecule has 1 amide bonds. The molecule has 0 bridgehead atoms. The van der Waals surface area contributed by atoms with E-state index < -0.39 is 6.09 Å². The predicted molar refractivity (Wildman–Crippen MR) is 121 cm³/mol. The van der Waals surface area contributed by atoms with Crippen LogP contribution in [0, 0.1) is 0 Å². The monoisotopic (exact) mass is 492 g/mol. The van der Waals surface area contributed by atoms with Crippen molar-refractivity contribution in [3.63, 3.8) is 0 Å². The Morgan fingerprint density at radius 2 is 2.08 bits per heavy atom. The predicted octanol–water partition coefficient (Wildman–Crippen LogP) is 3.78. The lowest BCUT2D eigenvalue weighted by molar-refractivity contribution is 0.187. The first-order valence-electron chi connectivity index (χ1n) is 8.75.